The van der Waals surface area contributed by atoms with Crippen molar-refractivity contribution in [1.29, 1.82) is 0 Å². The molecule has 9 nitrogen and oxygen atoms in total. The third-order valence-corrected chi connectivity index (χ3v) is 8.86. The lowest BCUT2D eigenvalue weighted by atomic mass is 10.0. The number of amides is 1. The van der Waals surface area contributed by atoms with Gasteiger partial charge in [0.15, 0.2) is 4.90 Å². The number of carbonyl (C=O) groups is 1. The molecule has 0 saturated heterocycles. The normalized spacial score (nSPS) is 11.2. The van der Waals surface area contributed by atoms with E-state index in [-0.39, 0.29) is 23.9 Å². The number of methoxy groups -OCH3 is 1. The molecule has 44 heavy (non-hydrogen) atoms. The third kappa shape index (κ3) is 7.00. The largest absolute Gasteiger partial charge is 0.497 e. The average molecular weight is 608 g/mol. The summed E-state index contributed by atoms with van der Waals surface area (Å²) in [6.07, 6.45) is 0. The van der Waals surface area contributed by atoms with Gasteiger partial charge in [-0.3, -0.25) is 14.9 Å². The van der Waals surface area contributed by atoms with Crippen LogP contribution >= 0.6 is 0 Å². The van der Waals surface area contributed by atoms with Gasteiger partial charge >= 0.3 is 0 Å². The minimum absolute atomic E-state index is 0.0319. The van der Waals surface area contributed by atoms with Crippen molar-refractivity contribution in [1.82, 2.24) is 4.31 Å². The van der Waals surface area contributed by atoms with Crippen molar-refractivity contribution in [3.8, 4) is 16.9 Å². The van der Waals surface area contributed by atoms with Crippen molar-refractivity contribution >= 4 is 27.3 Å². The lowest BCUT2D eigenvalue weighted by Gasteiger charge is -2.23. The minimum Gasteiger partial charge on any atom is -0.497 e. The van der Waals surface area contributed by atoms with E-state index in [4.69, 9.17) is 4.74 Å². The second-order valence-electron chi connectivity index (χ2n) is 9.94. The SMILES string of the molecule is COc1ccc(CN(Cc2ccc(NC(=O)c3ccc(-c4ccccc4)cc3)cc2)S(=O)(=O)c2ccccc2[N+](=O)[O-])cc1. The number of para-hydroxylation sites is 1. The molecule has 0 aliphatic carbocycles. The molecule has 5 aromatic rings. The molecule has 0 radical (unpaired) electrons. The van der Waals surface area contributed by atoms with Gasteiger partial charge < -0.3 is 10.1 Å². The maximum absolute atomic E-state index is 13.8. The molecule has 1 N–H and O–H groups in total. The Bertz CT molecular complexity index is 1860. The molecule has 5 aromatic carbocycles. The van der Waals surface area contributed by atoms with Gasteiger partial charge in [0.2, 0.25) is 0 Å². The predicted octanol–water partition coefficient (Wildman–Crippen LogP) is 6.91. The fourth-order valence-corrected chi connectivity index (χ4v) is 6.24. The van der Waals surface area contributed by atoms with Gasteiger partial charge in [-0.15, -0.1) is 0 Å². The molecular formula is C34H29N3O6S. The highest BCUT2D eigenvalue weighted by Gasteiger charge is 2.31. The standard InChI is InChI=1S/C34H29N3O6S/c1-43-31-21-13-26(14-22-31)24-36(44(41,42)33-10-6-5-9-32(33)37(39)40)23-25-11-19-30(20-12-25)35-34(38)29-17-15-28(16-18-29)27-7-3-2-4-8-27/h2-22H,23-24H2,1H3,(H,35,38). The fourth-order valence-electron chi connectivity index (χ4n) is 4.67. The first-order chi connectivity index (χ1) is 21.2. The second-order valence-corrected chi connectivity index (χ2v) is 11.8. The van der Waals surface area contributed by atoms with E-state index in [1.165, 1.54) is 35.7 Å². The molecule has 0 spiro atoms. The van der Waals surface area contributed by atoms with Crippen LogP contribution < -0.4 is 10.1 Å². The Morgan fingerprint density at radius 2 is 1.30 bits per heavy atom. The van der Waals surface area contributed by atoms with Crippen LogP contribution in [0.3, 0.4) is 0 Å². The number of nitro groups is 1. The molecule has 0 heterocycles. The van der Waals surface area contributed by atoms with Crippen LogP contribution in [0.2, 0.25) is 0 Å². The van der Waals surface area contributed by atoms with Crippen LogP contribution in [0, 0.1) is 10.1 Å². The zero-order valence-corrected chi connectivity index (χ0v) is 24.6. The van der Waals surface area contributed by atoms with E-state index in [2.05, 4.69) is 5.32 Å². The van der Waals surface area contributed by atoms with Gasteiger partial charge in [0, 0.05) is 30.4 Å². The highest BCUT2D eigenvalue weighted by molar-refractivity contribution is 7.89. The summed E-state index contributed by atoms with van der Waals surface area (Å²) in [4.78, 5) is 23.5. The van der Waals surface area contributed by atoms with Crippen molar-refractivity contribution < 1.29 is 22.9 Å². The number of nitrogens with one attached hydrogen (secondary N) is 1. The van der Waals surface area contributed by atoms with E-state index in [0.717, 1.165) is 11.1 Å². The van der Waals surface area contributed by atoms with Gasteiger partial charge in [-0.05, 0) is 64.7 Å². The first kappa shape index (κ1) is 30.1. The van der Waals surface area contributed by atoms with E-state index < -0.39 is 20.6 Å². The maximum atomic E-state index is 13.8. The molecule has 0 fully saturated rings. The van der Waals surface area contributed by atoms with Crippen LogP contribution in [0.5, 0.6) is 5.75 Å². The van der Waals surface area contributed by atoms with Crippen LogP contribution in [0.4, 0.5) is 11.4 Å². The van der Waals surface area contributed by atoms with E-state index in [9.17, 15) is 23.3 Å². The van der Waals surface area contributed by atoms with Gasteiger partial charge in [-0.25, -0.2) is 8.42 Å². The van der Waals surface area contributed by atoms with Crippen molar-refractivity contribution in [2.75, 3.05) is 12.4 Å². The number of ether oxygens (including phenoxy) is 1. The fraction of sp³-hybridized carbons (Fsp3) is 0.0882. The monoisotopic (exact) mass is 607 g/mol. The summed E-state index contributed by atoms with van der Waals surface area (Å²) in [7, 11) is -2.75. The van der Waals surface area contributed by atoms with Crippen LogP contribution in [0.25, 0.3) is 11.1 Å². The number of sulfonamides is 1. The summed E-state index contributed by atoms with van der Waals surface area (Å²) in [6, 6.07) is 36.2. The lowest BCUT2D eigenvalue weighted by molar-refractivity contribution is -0.387. The first-order valence-corrected chi connectivity index (χ1v) is 15.1. The topological polar surface area (TPSA) is 119 Å². The molecule has 222 valence electrons. The highest BCUT2D eigenvalue weighted by Crippen LogP contribution is 2.29. The number of rotatable bonds is 11. The molecule has 0 saturated carbocycles. The molecule has 10 heteroatoms. The van der Waals surface area contributed by atoms with Crippen LogP contribution in [0.15, 0.2) is 132 Å². The van der Waals surface area contributed by atoms with Crippen LogP contribution in [0.1, 0.15) is 21.5 Å². The molecule has 0 atom stereocenters. The van der Waals surface area contributed by atoms with Crippen LogP contribution in [-0.2, 0) is 23.1 Å². The maximum Gasteiger partial charge on any atom is 0.289 e. The minimum atomic E-state index is -4.29. The van der Waals surface area contributed by atoms with Crippen LogP contribution in [-0.4, -0.2) is 30.7 Å². The number of hydrogen-bond donors (Lipinski definition) is 1. The lowest BCUT2D eigenvalue weighted by Crippen LogP contribution is -2.30. The van der Waals surface area contributed by atoms with Gasteiger partial charge in [0.1, 0.15) is 5.75 Å². The van der Waals surface area contributed by atoms with E-state index in [0.29, 0.717) is 28.1 Å². The number of anilines is 1. The van der Waals surface area contributed by atoms with Gasteiger partial charge in [-0.2, -0.15) is 4.31 Å². The summed E-state index contributed by atoms with van der Waals surface area (Å²) in [5.74, 6) is 0.337. The van der Waals surface area contributed by atoms with Gasteiger partial charge in [0.05, 0.1) is 12.0 Å². The predicted molar refractivity (Wildman–Crippen MR) is 169 cm³/mol. The molecular weight excluding hydrogens is 578 g/mol. The summed E-state index contributed by atoms with van der Waals surface area (Å²) in [5, 5.41) is 14.5. The van der Waals surface area contributed by atoms with Crippen molar-refractivity contribution in [2.45, 2.75) is 18.0 Å². The summed E-state index contributed by atoms with van der Waals surface area (Å²) >= 11 is 0. The average Bonchev–Trinajstić information content (AvgIpc) is 3.06. The Morgan fingerprint density at radius 3 is 1.89 bits per heavy atom. The zero-order chi connectivity index (χ0) is 31.1. The molecule has 0 aliphatic heterocycles. The number of hydrogen-bond acceptors (Lipinski definition) is 6. The Labute approximate surface area is 255 Å². The molecule has 5 rings (SSSR count). The Morgan fingerprint density at radius 1 is 0.750 bits per heavy atom. The van der Waals surface area contributed by atoms with Crippen molar-refractivity contribution in [3.63, 3.8) is 0 Å². The molecule has 1 amide bonds. The second kappa shape index (κ2) is 13.3. The zero-order valence-electron chi connectivity index (χ0n) is 23.8. The summed E-state index contributed by atoms with van der Waals surface area (Å²) < 4.78 is 34.0. The molecule has 0 bridgehead atoms. The smallest absolute Gasteiger partial charge is 0.289 e. The van der Waals surface area contributed by atoms with Crippen molar-refractivity contribution in [3.05, 3.63) is 154 Å². The molecule has 0 aromatic heterocycles. The third-order valence-electron chi connectivity index (χ3n) is 7.02. The molecule has 0 unspecified atom stereocenters. The van der Waals surface area contributed by atoms with E-state index in [1.54, 1.807) is 60.7 Å². The number of nitro benzene ring substituents is 1. The number of carbonyl (C=O) groups excluding carboxylic acids is 1. The quantitative estimate of drug-likeness (QED) is 0.129. The van der Waals surface area contributed by atoms with Gasteiger partial charge in [-0.1, -0.05) is 78.9 Å². The summed E-state index contributed by atoms with van der Waals surface area (Å²) in [6.45, 7) is -0.0918. The number of nitrogens with zero attached hydrogens (tertiary/aromatic N) is 2. The summed E-state index contributed by atoms with van der Waals surface area (Å²) in [5.41, 5.74) is 3.90. The van der Waals surface area contributed by atoms with E-state index >= 15 is 0 Å². The van der Waals surface area contributed by atoms with Gasteiger partial charge in [0.25, 0.3) is 21.6 Å². The first-order valence-electron chi connectivity index (χ1n) is 13.7. The Hall–Kier alpha value is -5.32. The van der Waals surface area contributed by atoms with Crippen molar-refractivity contribution in [2.24, 2.45) is 0 Å². The molecule has 0 aliphatic rings. The van der Waals surface area contributed by atoms with E-state index in [1.807, 2.05) is 42.5 Å². The Kier molecular flexibility index (Phi) is 9.13. The highest BCUT2D eigenvalue weighted by atomic mass is 32.2. The Balaban J connectivity index is 1.35. The number of benzene rings is 5.